The standard InChI is InChI=1S/C9H10N2O5/c1-6-3-4-10(5-7(12)16-2)9(13)8(6)11(14)15/h3-4H,5H2,1-2H3. The van der Waals surface area contributed by atoms with Crippen LogP contribution in [0.1, 0.15) is 5.56 Å². The van der Waals surface area contributed by atoms with Gasteiger partial charge in [0.15, 0.2) is 0 Å². The van der Waals surface area contributed by atoms with Crippen molar-refractivity contribution in [3.05, 3.63) is 38.3 Å². The SMILES string of the molecule is COC(=O)Cn1ccc(C)c([N+](=O)[O-])c1=O. The van der Waals surface area contributed by atoms with Gasteiger partial charge in [-0.15, -0.1) is 0 Å². The van der Waals surface area contributed by atoms with Crippen molar-refractivity contribution < 1.29 is 14.5 Å². The maximum Gasteiger partial charge on any atom is 0.336 e. The van der Waals surface area contributed by atoms with Crippen LogP contribution in [0.5, 0.6) is 0 Å². The van der Waals surface area contributed by atoms with Crippen LogP contribution in [-0.4, -0.2) is 22.6 Å². The average Bonchev–Trinajstić information content (AvgIpc) is 2.21. The summed E-state index contributed by atoms with van der Waals surface area (Å²) in [6.45, 7) is 1.12. The van der Waals surface area contributed by atoms with Crippen LogP contribution in [-0.2, 0) is 16.1 Å². The van der Waals surface area contributed by atoms with Crippen molar-refractivity contribution in [2.24, 2.45) is 0 Å². The van der Waals surface area contributed by atoms with E-state index in [9.17, 15) is 19.7 Å². The highest BCUT2D eigenvalue weighted by Crippen LogP contribution is 2.10. The molecule has 0 spiro atoms. The van der Waals surface area contributed by atoms with Crippen LogP contribution in [0, 0.1) is 17.0 Å². The molecule has 0 aliphatic rings. The first-order chi connectivity index (χ1) is 7.47. The second-order valence-electron chi connectivity index (χ2n) is 3.11. The van der Waals surface area contributed by atoms with E-state index in [0.29, 0.717) is 0 Å². The number of aromatic nitrogens is 1. The molecule has 0 fully saturated rings. The Hall–Kier alpha value is -2.18. The molecule has 0 aromatic carbocycles. The molecule has 0 N–H and O–H groups in total. The molecule has 0 unspecified atom stereocenters. The highest BCUT2D eigenvalue weighted by atomic mass is 16.6. The lowest BCUT2D eigenvalue weighted by Gasteiger charge is -2.04. The molecule has 0 bridgehead atoms. The van der Waals surface area contributed by atoms with E-state index in [0.717, 1.165) is 4.57 Å². The third kappa shape index (κ3) is 2.25. The molecular formula is C9H10N2O5. The molecule has 7 nitrogen and oxygen atoms in total. The minimum absolute atomic E-state index is 0.260. The Labute approximate surface area is 90.4 Å². The van der Waals surface area contributed by atoms with Crippen LogP contribution >= 0.6 is 0 Å². The van der Waals surface area contributed by atoms with E-state index >= 15 is 0 Å². The van der Waals surface area contributed by atoms with Gasteiger partial charge in [-0.25, -0.2) is 0 Å². The molecule has 0 atom stereocenters. The fourth-order valence-corrected chi connectivity index (χ4v) is 1.20. The van der Waals surface area contributed by atoms with Crippen LogP contribution in [0.15, 0.2) is 17.1 Å². The predicted molar refractivity (Wildman–Crippen MR) is 54.1 cm³/mol. The van der Waals surface area contributed by atoms with Crippen molar-refractivity contribution in [1.82, 2.24) is 4.57 Å². The van der Waals surface area contributed by atoms with E-state index in [2.05, 4.69) is 4.74 Å². The van der Waals surface area contributed by atoms with Crippen molar-refractivity contribution in [3.63, 3.8) is 0 Å². The Morgan fingerprint density at radius 1 is 1.62 bits per heavy atom. The van der Waals surface area contributed by atoms with E-state index in [4.69, 9.17) is 0 Å². The second kappa shape index (κ2) is 4.56. The van der Waals surface area contributed by atoms with Gasteiger partial charge in [0.2, 0.25) is 0 Å². The summed E-state index contributed by atoms with van der Waals surface area (Å²) < 4.78 is 5.31. The lowest BCUT2D eigenvalue weighted by atomic mass is 10.2. The van der Waals surface area contributed by atoms with Crippen molar-refractivity contribution in [2.75, 3.05) is 7.11 Å². The number of nitrogens with zero attached hydrogens (tertiary/aromatic N) is 2. The molecule has 1 heterocycles. The van der Waals surface area contributed by atoms with Gasteiger partial charge in [0.25, 0.3) is 0 Å². The number of aryl methyl sites for hydroxylation is 1. The molecule has 16 heavy (non-hydrogen) atoms. The number of carbonyl (C=O) groups excluding carboxylic acids is 1. The summed E-state index contributed by atoms with van der Waals surface area (Å²) in [5.41, 5.74) is -1.07. The Balaban J connectivity index is 3.24. The lowest BCUT2D eigenvalue weighted by Crippen LogP contribution is -2.26. The zero-order chi connectivity index (χ0) is 12.3. The van der Waals surface area contributed by atoms with Crippen LogP contribution in [0.4, 0.5) is 5.69 Å². The summed E-state index contributed by atoms with van der Waals surface area (Å²) in [7, 11) is 1.18. The number of methoxy groups -OCH3 is 1. The number of pyridine rings is 1. The van der Waals surface area contributed by atoms with Crippen molar-refractivity contribution in [3.8, 4) is 0 Å². The second-order valence-corrected chi connectivity index (χ2v) is 3.11. The van der Waals surface area contributed by atoms with Crippen LogP contribution < -0.4 is 5.56 Å². The summed E-state index contributed by atoms with van der Waals surface area (Å²) in [6.07, 6.45) is 1.32. The topological polar surface area (TPSA) is 91.4 Å². The summed E-state index contributed by atoms with van der Waals surface area (Å²) in [5, 5.41) is 10.6. The van der Waals surface area contributed by atoms with Gasteiger partial charge in [-0.3, -0.25) is 24.3 Å². The van der Waals surface area contributed by atoms with Gasteiger partial charge in [-0.05, 0) is 13.0 Å². The molecular weight excluding hydrogens is 216 g/mol. The van der Waals surface area contributed by atoms with Gasteiger partial charge >= 0.3 is 17.2 Å². The monoisotopic (exact) mass is 226 g/mol. The van der Waals surface area contributed by atoms with Gasteiger partial charge < -0.3 is 4.74 Å². The summed E-state index contributed by atoms with van der Waals surface area (Å²) >= 11 is 0. The highest BCUT2D eigenvalue weighted by Gasteiger charge is 2.19. The summed E-state index contributed by atoms with van der Waals surface area (Å²) in [5.74, 6) is -0.639. The summed E-state index contributed by atoms with van der Waals surface area (Å²) in [6, 6.07) is 1.41. The quantitative estimate of drug-likeness (QED) is 0.418. The number of carbonyl (C=O) groups is 1. The van der Waals surface area contributed by atoms with E-state index in [1.807, 2.05) is 0 Å². The molecule has 0 saturated carbocycles. The Morgan fingerprint density at radius 2 is 2.25 bits per heavy atom. The molecule has 0 amide bonds. The zero-order valence-corrected chi connectivity index (χ0v) is 8.80. The van der Waals surface area contributed by atoms with Crippen molar-refractivity contribution in [1.29, 1.82) is 0 Å². The normalized spacial score (nSPS) is 9.88. The number of hydrogen-bond donors (Lipinski definition) is 0. The molecule has 7 heteroatoms. The van der Waals surface area contributed by atoms with Crippen molar-refractivity contribution in [2.45, 2.75) is 13.5 Å². The van der Waals surface area contributed by atoms with Gasteiger partial charge in [-0.2, -0.15) is 0 Å². The number of nitro groups is 1. The molecule has 1 aromatic heterocycles. The Bertz CT molecular complexity index is 491. The van der Waals surface area contributed by atoms with E-state index < -0.39 is 22.1 Å². The maximum atomic E-state index is 11.6. The van der Waals surface area contributed by atoms with Gasteiger partial charge in [-0.1, -0.05) is 0 Å². The molecule has 1 aromatic rings. The number of ether oxygens (including phenoxy) is 1. The molecule has 0 saturated heterocycles. The minimum Gasteiger partial charge on any atom is -0.468 e. The van der Waals surface area contributed by atoms with Crippen LogP contribution in [0.2, 0.25) is 0 Å². The predicted octanol–water partition coefficient (Wildman–Crippen LogP) is 0.238. The minimum atomic E-state index is -0.810. The zero-order valence-electron chi connectivity index (χ0n) is 8.80. The van der Waals surface area contributed by atoms with Gasteiger partial charge in [0, 0.05) is 11.8 Å². The third-order valence-corrected chi connectivity index (χ3v) is 2.05. The van der Waals surface area contributed by atoms with E-state index in [1.165, 1.54) is 26.3 Å². The molecule has 0 aliphatic heterocycles. The van der Waals surface area contributed by atoms with E-state index in [-0.39, 0.29) is 12.1 Å². The fraction of sp³-hybridized carbons (Fsp3) is 0.333. The molecule has 0 radical (unpaired) electrons. The van der Waals surface area contributed by atoms with Gasteiger partial charge in [0.1, 0.15) is 6.54 Å². The number of rotatable bonds is 3. The number of hydrogen-bond acceptors (Lipinski definition) is 5. The third-order valence-electron chi connectivity index (χ3n) is 2.05. The largest absolute Gasteiger partial charge is 0.468 e. The highest BCUT2D eigenvalue weighted by molar-refractivity contribution is 5.69. The smallest absolute Gasteiger partial charge is 0.336 e. The number of esters is 1. The van der Waals surface area contributed by atoms with Crippen LogP contribution in [0.25, 0.3) is 0 Å². The summed E-state index contributed by atoms with van der Waals surface area (Å²) in [4.78, 5) is 32.4. The Morgan fingerprint density at radius 3 is 2.75 bits per heavy atom. The van der Waals surface area contributed by atoms with Crippen molar-refractivity contribution >= 4 is 11.7 Å². The van der Waals surface area contributed by atoms with E-state index in [1.54, 1.807) is 0 Å². The first-order valence-corrected chi connectivity index (χ1v) is 4.38. The molecule has 1 rings (SSSR count). The maximum absolute atomic E-state index is 11.6. The Kier molecular flexibility index (Phi) is 3.39. The molecule has 86 valence electrons. The molecule has 0 aliphatic carbocycles. The first-order valence-electron chi connectivity index (χ1n) is 4.38. The fourth-order valence-electron chi connectivity index (χ4n) is 1.20. The lowest BCUT2D eigenvalue weighted by molar-refractivity contribution is -0.387. The first kappa shape index (κ1) is 11.9. The van der Waals surface area contributed by atoms with Gasteiger partial charge in [0.05, 0.1) is 12.0 Å². The average molecular weight is 226 g/mol. The van der Waals surface area contributed by atoms with Crippen LogP contribution in [0.3, 0.4) is 0 Å².